The molecule has 0 radical (unpaired) electrons. The van der Waals surface area contributed by atoms with Crippen molar-refractivity contribution in [3.8, 4) is 0 Å². The first-order valence-corrected chi connectivity index (χ1v) is 27.1. The van der Waals surface area contributed by atoms with Crippen LogP contribution in [0.4, 0.5) is 4.39 Å². The molecule has 6 aromatic rings. The molecule has 10 nitrogen and oxygen atoms in total. The first-order chi connectivity index (χ1) is 34.9. The van der Waals surface area contributed by atoms with Gasteiger partial charge in [-0.15, -0.1) is 0 Å². The summed E-state index contributed by atoms with van der Waals surface area (Å²) in [5, 5.41) is 14.2. The van der Waals surface area contributed by atoms with Crippen molar-refractivity contribution < 1.29 is 51.8 Å². The van der Waals surface area contributed by atoms with E-state index in [1.54, 1.807) is 13.8 Å². The molecule has 0 aromatic heterocycles. The monoisotopic (exact) mass is 996 g/mol. The number of alkyl halides is 1. The SMILES string of the molecule is CC1(C)O[C@@H]2[C@@H](O)[C@H]([C@H](F)[C@@H]3O[C@@H](COCc4ccccc4)[C@H](OCc4ccccc4)[C@@H](OCc4ccccc4)[C@H]3OCc3ccccc3)O[C@H](CO[Si](c3ccccc3)(c3ccccc3)C(C)(C)C)[C@@H]2O1. The number of aliphatic hydroxyl groups excluding tert-OH is 1. The number of aliphatic hydroxyl groups is 1. The molecule has 3 heterocycles. The summed E-state index contributed by atoms with van der Waals surface area (Å²) in [6, 6.07) is 59.9. The Kier molecular flexibility index (Phi) is 17.0. The molecule has 0 aliphatic carbocycles. The predicted octanol–water partition coefficient (Wildman–Crippen LogP) is 9.29. The van der Waals surface area contributed by atoms with E-state index in [0.29, 0.717) is 0 Å². The normalized spacial score (nSPS) is 26.7. The fraction of sp³-hybridized carbons (Fsp3) is 0.400. The highest BCUT2D eigenvalue weighted by atomic mass is 28.4. The molecule has 3 saturated heterocycles. The van der Waals surface area contributed by atoms with Crippen molar-refractivity contribution in [1.29, 1.82) is 0 Å². The molecule has 0 amide bonds. The molecule has 0 bridgehead atoms. The Morgan fingerprint density at radius 2 is 0.917 bits per heavy atom. The van der Waals surface area contributed by atoms with Gasteiger partial charge in [0.25, 0.3) is 8.32 Å². The zero-order chi connectivity index (χ0) is 50.1. The standard InChI is InChI=1S/C60H69FO10Si/c1-59(2,3)72(46-32-20-10-21-33-46,47-34-22-11-23-35-47)67-41-49-53-56(71-60(4,5)70-53)51(62)54(68-49)50(61)55-58(66-39-45-30-18-9-19-31-45)57(65-38-44-28-16-8-17-29-44)52(64-37-43-26-14-7-15-27-43)48(69-55)40-63-36-42-24-12-6-13-25-42/h6-35,48-58,62H,36-41H2,1-5H3/t48-,49+,50-,51-,52-,53-,54-,55-,56+,57+,58-/m0/s1. The molecule has 0 saturated carbocycles. The molecule has 3 fully saturated rings. The van der Waals surface area contributed by atoms with Crippen LogP contribution in [-0.4, -0.2) is 99.6 Å². The predicted molar refractivity (Wildman–Crippen MR) is 277 cm³/mol. The van der Waals surface area contributed by atoms with E-state index in [1.165, 1.54) is 0 Å². The van der Waals surface area contributed by atoms with Crippen LogP contribution >= 0.6 is 0 Å². The van der Waals surface area contributed by atoms with E-state index < -0.39 is 81.3 Å². The van der Waals surface area contributed by atoms with E-state index in [1.807, 2.05) is 158 Å². The molecule has 380 valence electrons. The quantitative estimate of drug-likeness (QED) is 0.0745. The van der Waals surface area contributed by atoms with E-state index >= 15 is 4.39 Å². The smallest absolute Gasteiger partial charge is 0.261 e. The van der Waals surface area contributed by atoms with Gasteiger partial charge in [-0.2, -0.15) is 0 Å². The maximum atomic E-state index is 18.7. The number of ether oxygens (including phenoxy) is 8. The fourth-order valence-electron chi connectivity index (χ4n) is 10.6. The average Bonchev–Trinajstić information content (AvgIpc) is 3.74. The van der Waals surface area contributed by atoms with Crippen LogP contribution in [0.15, 0.2) is 182 Å². The van der Waals surface area contributed by atoms with Crippen LogP contribution in [0, 0.1) is 0 Å². The maximum absolute atomic E-state index is 18.7. The minimum atomic E-state index is -3.12. The van der Waals surface area contributed by atoms with E-state index in [9.17, 15) is 5.11 Å². The molecule has 0 unspecified atom stereocenters. The Balaban J connectivity index is 1.09. The van der Waals surface area contributed by atoms with Crippen LogP contribution < -0.4 is 10.4 Å². The Labute approximate surface area is 425 Å². The lowest BCUT2D eigenvalue weighted by atomic mass is 9.86. The van der Waals surface area contributed by atoms with Crippen LogP contribution in [0.1, 0.15) is 56.9 Å². The van der Waals surface area contributed by atoms with Crippen molar-refractivity contribution in [2.75, 3.05) is 13.2 Å². The Hall–Kier alpha value is -4.93. The van der Waals surface area contributed by atoms with Crippen LogP contribution in [-0.2, 0) is 68.7 Å². The van der Waals surface area contributed by atoms with Gasteiger partial charge in [-0.1, -0.05) is 203 Å². The molecule has 1 N–H and O–H groups in total. The third kappa shape index (κ3) is 12.0. The van der Waals surface area contributed by atoms with Gasteiger partial charge < -0.3 is 47.4 Å². The van der Waals surface area contributed by atoms with Gasteiger partial charge in [0.15, 0.2) is 12.0 Å². The molecule has 11 atom stereocenters. The Bertz CT molecular complexity index is 2500. The zero-order valence-electron chi connectivity index (χ0n) is 41.9. The highest BCUT2D eigenvalue weighted by molar-refractivity contribution is 6.99. The van der Waals surface area contributed by atoms with Gasteiger partial charge in [0.05, 0.1) is 39.6 Å². The van der Waals surface area contributed by atoms with Crippen molar-refractivity contribution in [3.05, 3.63) is 204 Å². The van der Waals surface area contributed by atoms with Crippen molar-refractivity contribution in [2.45, 2.75) is 139 Å². The largest absolute Gasteiger partial charge is 0.405 e. The zero-order valence-corrected chi connectivity index (χ0v) is 42.9. The van der Waals surface area contributed by atoms with Gasteiger partial charge in [0, 0.05) is 0 Å². The van der Waals surface area contributed by atoms with E-state index in [2.05, 4.69) is 45.0 Å². The Morgan fingerprint density at radius 1 is 0.514 bits per heavy atom. The molecule has 3 aliphatic rings. The third-order valence-electron chi connectivity index (χ3n) is 14.0. The number of benzene rings is 6. The highest BCUT2D eigenvalue weighted by Crippen LogP contribution is 2.43. The van der Waals surface area contributed by atoms with Gasteiger partial charge >= 0.3 is 0 Å². The molecule has 72 heavy (non-hydrogen) atoms. The summed E-state index contributed by atoms with van der Waals surface area (Å²) >= 11 is 0. The molecule has 6 aromatic carbocycles. The lowest BCUT2D eigenvalue weighted by molar-refractivity contribution is -0.298. The third-order valence-corrected chi connectivity index (χ3v) is 19.0. The van der Waals surface area contributed by atoms with Crippen molar-refractivity contribution in [1.82, 2.24) is 0 Å². The van der Waals surface area contributed by atoms with Crippen LogP contribution in [0.25, 0.3) is 0 Å². The summed E-state index contributed by atoms with van der Waals surface area (Å²) in [5.41, 5.74) is 3.70. The first kappa shape index (κ1) is 51.9. The van der Waals surface area contributed by atoms with Gasteiger partial charge in [-0.05, 0) is 51.5 Å². The topological polar surface area (TPSA) is 103 Å². The lowest BCUT2D eigenvalue weighted by Crippen LogP contribution is -2.69. The van der Waals surface area contributed by atoms with Crippen LogP contribution in [0.2, 0.25) is 5.04 Å². The van der Waals surface area contributed by atoms with E-state index in [4.69, 9.17) is 42.3 Å². The highest BCUT2D eigenvalue weighted by Gasteiger charge is 2.61. The summed E-state index contributed by atoms with van der Waals surface area (Å²) < 4.78 is 80.2. The van der Waals surface area contributed by atoms with Gasteiger partial charge in [0.1, 0.15) is 61.0 Å². The molecule has 0 spiro atoms. The van der Waals surface area contributed by atoms with Crippen LogP contribution in [0.3, 0.4) is 0 Å². The first-order valence-electron chi connectivity index (χ1n) is 25.2. The van der Waals surface area contributed by atoms with E-state index in [-0.39, 0.29) is 44.7 Å². The second kappa shape index (κ2) is 23.5. The second-order valence-electron chi connectivity index (χ2n) is 20.5. The average molecular weight is 997 g/mol. The van der Waals surface area contributed by atoms with Crippen molar-refractivity contribution in [3.63, 3.8) is 0 Å². The summed E-state index contributed by atoms with van der Waals surface area (Å²) in [6.07, 6.45) is -12.6. The summed E-state index contributed by atoms with van der Waals surface area (Å²) in [7, 11) is -3.12. The van der Waals surface area contributed by atoms with Gasteiger partial charge in [-0.3, -0.25) is 0 Å². The minimum Gasteiger partial charge on any atom is -0.405 e. The van der Waals surface area contributed by atoms with Crippen LogP contribution in [0.5, 0.6) is 0 Å². The lowest BCUT2D eigenvalue weighted by Gasteiger charge is -2.50. The number of hydrogen-bond donors (Lipinski definition) is 1. The maximum Gasteiger partial charge on any atom is 0.261 e. The summed E-state index contributed by atoms with van der Waals surface area (Å²) in [5.74, 6) is -1.11. The number of fused-ring (bicyclic) bond motifs is 1. The minimum absolute atomic E-state index is 0.0252. The number of halogens is 1. The molecular formula is C60H69FO10Si. The summed E-state index contributed by atoms with van der Waals surface area (Å²) in [4.78, 5) is 0. The molecule has 12 heteroatoms. The summed E-state index contributed by atoms with van der Waals surface area (Å²) in [6.45, 7) is 11.1. The molecule has 3 aliphatic heterocycles. The fourth-order valence-corrected chi connectivity index (χ4v) is 15.1. The van der Waals surface area contributed by atoms with Gasteiger partial charge in [0.2, 0.25) is 0 Å². The Morgan fingerprint density at radius 3 is 1.39 bits per heavy atom. The van der Waals surface area contributed by atoms with E-state index in [0.717, 1.165) is 32.6 Å². The second-order valence-corrected chi connectivity index (χ2v) is 24.8. The van der Waals surface area contributed by atoms with Crippen molar-refractivity contribution >= 4 is 18.7 Å². The molecule has 9 rings (SSSR count). The number of rotatable bonds is 20. The van der Waals surface area contributed by atoms with Crippen molar-refractivity contribution in [2.24, 2.45) is 0 Å². The molecular weight excluding hydrogens is 928 g/mol. The van der Waals surface area contributed by atoms with Gasteiger partial charge in [-0.25, -0.2) is 4.39 Å². The number of hydrogen-bond acceptors (Lipinski definition) is 10.